The first-order valence-corrected chi connectivity index (χ1v) is 4.75. The lowest BCUT2D eigenvalue weighted by atomic mass is 9.97. The smallest absolute Gasteiger partial charge is 0.142 e. The van der Waals surface area contributed by atoms with Crippen molar-refractivity contribution in [3.63, 3.8) is 0 Å². The van der Waals surface area contributed by atoms with E-state index >= 15 is 0 Å². The van der Waals surface area contributed by atoms with E-state index in [1.54, 1.807) is 0 Å². The van der Waals surface area contributed by atoms with Crippen molar-refractivity contribution in [3.8, 4) is 0 Å². The average molecular weight is 199 g/mol. The van der Waals surface area contributed by atoms with Gasteiger partial charge in [0.1, 0.15) is 5.82 Å². The van der Waals surface area contributed by atoms with Gasteiger partial charge in [0, 0.05) is 5.69 Å². The maximum Gasteiger partial charge on any atom is 0.142 e. The number of nitrogens with zero attached hydrogens (tertiary/aromatic N) is 1. The van der Waals surface area contributed by atoms with Crippen LogP contribution in [0.5, 0.6) is 0 Å². The molecule has 1 aromatic heterocycles. The third-order valence-electron chi connectivity index (χ3n) is 2.27. The summed E-state index contributed by atoms with van der Waals surface area (Å²) in [5.41, 5.74) is 8.91. The standard InChI is InChI=1S/C10H15ClN2/c1-5(2)8-6(3)7(4)13-10(12)9(8)11/h5H,1-4H3,(H2,12,13). The molecule has 1 rings (SSSR count). The summed E-state index contributed by atoms with van der Waals surface area (Å²) in [6, 6.07) is 0. The van der Waals surface area contributed by atoms with Crippen LogP contribution in [0, 0.1) is 13.8 Å². The van der Waals surface area contributed by atoms with Crippen molar-refractivity contribution in [2.75, 3.05) is 5.73 Å². The van der Waals surface area contributed by atoms with E-state index in [1.807, 2.05) is 13.8 Å². The predicted octanol–water partition coefficient (Wildman–Crippen LogP) is 3.06. The largest absolute Gasteiger partial charge is 0.382 e. The molecule has 13 heavy (non-hydrogen) atoms. The van der Waals surface area contributed by atoms with Crippen molar-refractivity contribution < 1.29 is 0 Å². The first-order valence-electron chi connectivity index (χ1n) is 4.37. The zero-order valence-electron chi connectivity index (χ0n) is 8.48. The molecule has 0 amide bonds. The Morgan fingerprint density at radius 3 is 2.31 bits per heavy atom. The van der Waals surface area contributed by atoms with Crippen molar-refractivity contribution in [2.45, 2.75) is 33.6 Å². The summed E-state index contributed by atoms with van der Waals surface area (Å²) >= 11 is 6.08. The molecule has 0 saturated heterocycles. The van der Waals surface area contributed by atoms with Gasteiger partial charge in [-0.25, -0.2) is 4.98 Å². The summed E-state index contributed by atoms with van der Waals surface area (Å²) in [6.45, 7) is 8.19. The van der Waals surface area contributed by atoms with Gasteiger partial charge in [0.25, 0.3) is 0 Å². The summed E-state index contributed by atoms with van der Waals surface area (Å²) < 4.78 is 0. The number of pyridine rings is 1. The van der Waals surface area contributed by atoms with Crippen molar-refractivity contribution in [1.29, 1.82) is 0 Å². The minimum atomic E-state index is 0.386. The molecule has 2 N–H and O–H groups in total. The third-order valence-corrected chi connectivity index (χ3v) is 2.67. The van der Waals surface area contributed by atoms with Gasteiger partial charge in [-0.3, -0.25) is 0 Å². The maximum atomic E-state index is 6.08. The molecule has 0 aliphatic rings. The lowest BCUT2D eigenvalue weighted by molar-refractivity contribution is 0.848. The molecule has 1 aromatic rings. The molecule has 0 radical (unpaired) electrons. The van der Waals surface area contributed by atoms with Crippen LogP contribution >= 0.6 is 11.6 Å². The van der Waals surface area contributed by atoms with Crippen LogP contribution in [0.25, 0.3) is 0 Å². The normalized spacial score (nSPS) is 10.9. The van der Waals surface area contributed by atoms with Crippen LogP contribution in [-0.2, 0) is 0 Å². The van der Waals surface area contributed by atoms with Gasteiger partial charge < -0.3 is 5.73 Å². The highest BCUT2D eigenvalue weighted by Crippen LogP contribution is 2.32. The van der Waals surface area contributed by atoms with E-state index in [-0.39, 0.29) is 0 Å². The van der Waals surface area contributed by atoms with Crippen LogP contribution in [-0.4, -0.2) is 4.98 Å². The van der Waals surface area contributed by atoms with Crippen LogP contribution in [0.2, 0.25) is 5.02 Å². The molecule has 0 unspecified atom stereocenters. The molecule has 0 aliphatic heterocycles. The third kappa shape index (κ3) is 1.78. The molecule has 0 bridgehead atoms. The van der Waals surface area contributed by atoms with E-state index in [9.17, 15) is 0 Å². The molecule has 0 aliphatic carbocycles. The lowest BCUT2D eigenvalue weighted by Gasteiger charge is -2.15. The number of nitrogens with two attached hydrogens (primary N) is 1. The van der Waals surface area contributed by atoms with Gasteiger partial charge in [0.2, 0.25) is 0 Å². The highest BCUT2D eigenvalue weighted by atomic mass is 35.5. The molecule has 72 valence electrons. The Bertz CT molecular complexity index is 306. The summed E-state index contributed by atoms with van der Waals surface area (Å²) in [6.07, 6.45) is 0. The molecule has 0 fully saturated rings. The topological polar surface area (TPSA) is 38.9 Å². The van der Waals surface area contributed by atoms with E-state index in [4.69, 9.17) is 17.3 Å². The lowest BCUT2D eigenvalue weighted by Crippen LogP contribution is -2.03. The molecule has 0 atom stereocenters. The number of aromatic nitrogens is 1. The number of aryl methyl sites for hydroxylation is 1. The Labute approximate surface area is 84.1 Å². The quantitative estimate of drug-likeness (QED) is 0.754. The van der Waals surface area contributed by atoms with Gasteiger partial charge in [-0.15, -0.1) is 0 Å². The first kappa shape index (κ1) is 10.3. The molecule has 0 spiro atoms. The molecule has 0 saturated carbocycles. The fraction of sp³-hybridized carbons (Fsp3) is 0.500. The minimum absolute atomic E-state index is 0.386. The van der Waals surface area contributed by atoms with E-state index < -0.39 is 0 Å². The van der Waals surface area contributed by atoms with Crippen molar-refractivity contribution in [1.82, 2.24) is 4.98 Å². The minimum Gasteiger partial charge on any atom is -0.382 e. The molecule has 1 heterocycles. The average Bonchev–Trinajstić information content (AvgIpc) is 2.01. The second-order valence-electron chi connectivity index (χ2n) is 3.59. The Hall–Kier alpha value is -0.760. The number of halogens is 1. The van der Waals surface area contributed by atoms with Crippen molar-refractivity contribution in [3.05, 3.63) is 21.8 Å². The highest BCUT2D eigenvalue weighted by molar-refractivity contribution is 6.33. The molecule has 0 aromatic carbocycles. The van der Waals surface area contributed by atoms with Gasteiger partial charge in [0.05, 0.1) is 5.02 Å². The predicted molar refractivity (Wildman–Crippen MR) is 57.2 cm³/mol. The Balaban J connectivity index is 3.46. The zero-order valence-corrected chi connectivity index (χ0v) is 9.24. The Morgan fingerprint density at radius 1 is 1.31 bits per heavy atom. The van der Waals surface area contributed by atoms with Crippen LogP contribution < -0.4 is 5.73 Å². The number of hydrogen-bond donors (Lipinski definition) is 1. The highest BCUT2D eigenvalue weighted by Gasteiger charge is 2.14. The molecule has 2 nitrogen and oxygen atoms in total. The number of hydrogen-bond acceptors (Lipinski definition) is 2. The molecule has 3 heteroatoms. The Morgan fingerprint density at radius 2 is 1.85 bits per heavy atom. The fourth-order valence-corrected chi connectivity index (χ4v) is 1.90. The maximum absolute atomic E-state index is 6.08. The van der Waals surface area contributed by atoms with Crippen molar-refractivity contribution >= 4 is 17.4 Å². The van der Waals surface area contributed by atoms with Crippen molar-refractivity contribution in [2.24, 2.45) is 0 Å². The first-order chi connectivity index (χ1) is 5.95. The van der Waals surface area contributed by atoms with E-state index in [1.165, 1.54) is 0 Å². The second-order valence-corrected chi connectivity index (χ2v) is 3.97. The van der Waals surface area contributed by atoms with Crippen LogP contribution in [0.3, 0.4) is 0 Å². The SMILES string of the molecule is Cc1nc(N)c(Cl)c(C(C)C)c1C. The van der Waals surface area contributed by atoms with Crippen LogP contribution in [0.15, 0.2) is 0 Å². The summed E-state index contributed by atoms with van der Waals surface area (Å²) in [5.74, 6) is 0.824. The number of anilines is 1. The van der Waals surface area contributed by atoms with E-state index in [0.29, 0.717) is 16.8 Å². The van der Waals surface area contributed by atoms with Gasteiger partial charge >= 0.3 is 0 Å². The second kappa shape index (κ2) is 3.54. The Kier molecular flexibility index (Phi) is 2.81. The zero-order chi connectivity index (χ0) is 10.2. The summed E-state index contributed by atoms with van der Waals surface area (Å²) in [7, 11) is 0. The van der Waals surface area contributed by atoms with Gasteiger partial charge in [-0.2, -0.15) is 0 Å². The monoisotopic (exact) mass is 198 g/mol. The summed E-state index contributed by atoms with van der Waals surface area (Å²) in [5, 5.41) is 0.609. The number of nitrogen functional groups attached to an aromatic ring is 1. The van der Waals surface area contributed by atoms with Gasteiger partial charge in [0.15, 0.2) is 0 Å². The van der Waals surface area contributed by atoms with Gasteiger partial charge in [-0.05, 0) is 30.9 Å². The van der Waals surface area contributed by atoms with Crippen LogP contribution in [0.1, 0.15) is 36.6 Å². The van der Waals surface area contributed by atoms with Gasteiger partial charge in [-0.1, -0.05) is 25.4 Å². The van der Waals surface area contributed by atoms with Crippen LogP contribution in [0.4, 0.5) is 5.82 Å². The summed E-state index contributed by atoms with van der Waals surface area (Å²) in [4.78, 5) is 4.16. The molecular weight excluding hydrogens is 184 g/mol. The van der Waals surface area contributed by atoms with E-state index in [0.717, 1.165) is 16.8 Å². The fourth-order valence-electron chi connectivity index (χ4n) is 1.50. The molecular formula is C10H15ClN2. The van der Waals surface area contributed by atoms with E-state index in [2.05, 4.69) is 18.8 Å². The number of rotatable bonds is 1.